The third-order valence-electron chi connectivity index (χ3n) is 3.65. The highest BCUT2D eigenvalue weighted by molar-refractivity contribution is 5.78. The second kappa shape index (κ2) is 7.98. The zero-order chi connectivity index (χ0) is 16.0. The molecule has 0 saturated heterocycles. The predicted octanol–water partition coefficient (Wildman–Crippen LogP) is 2.21. The van der Waals surface area contributed by atoms with Gasteiger partial charge in [0.15, 0.2) is 11.6 Å². The van der Waals surface area contributed by atoms with Crippen LogP contribution in [0.5, 0.6) is 5.75 Å². The SMILES string of the molecule is COc1ccc(CC(=O)N(C)CCC(N)C(C)C)cc1F. The first-order chi connectivity index (χ1) is 9.85. The smallest absolute Gasteiger partial charge is 0.226 e. The van der Waals surface area contributed by atoms with Gasteiger partial charge in [-0.2, -0.15) is 0 Å². The van der Waals surface area contributed by atoms with Gasteiger partial charge in [-0.05, 0) is 30.0 Å². The zero-order valence-electron chi connectivity index (χ0n) is 13.2. The average Bonchev–Trinajstić information content (AvgIpc) is 2.44. The van der Waals surface area contributed by atoms with Gasteiger partial charge in [0, 0.05) is 19.6 Å². The predicted molar refractivity (Wildman–Crippen MR) is 81.7 cm³/mol. The molecule has 0 spiro atoms. The van der Waals surface area contributed by atoms with Crippen LogP contribution in [0.15, 0.2) is 18.2 Å². The minimum atomic E-state index is -0.452. The van der Waals surface area contributed by atoms with E-state index in [1.807, 2.05) is 0 Å². The number of likely N-dealkylation sites (N-methyl/N-ethyl adjacent to an activating group) is 1. The van der Waals surface area contributed by atoms with Crippen molar-refractivity contribution in [3.63, 3.8) is 0 Å². The highest BCUT2D eigenvalue weighted by atomic mass is 19.1. The summed E-state index contributed by atoms with van der Waals surface area (Å²) in [4.78, 5) is 13.7. The lowest BCUT2D eigenvalue weighted by molar-refractivity contribution is -0.129. The van der Waals surface area contributed by atoms with Crippen LogP contribution in [0.1, 0.15) is 25.8 Å². The van der Waals surface area contributed by atoms with Crippen LogP contribution in [0.3, 0.4) is 0 Å². The fourth-order valence-corrected chi connectivity index (χ4v) is 1.93. The maximum absolute atomic E-state index is 13.6. The highest BCUT2D eigenvalue weighted by Crippen LogP contribution is 2.18. The van der Waals surface area contributed by atoms with Crippen molar-refractivity contribution in [1.29, 1.82) is 0 Å². The summed E-state index contributed by atoms with van der Waals surface area (Å²) in [5.41, 5.74) is 6.61. The molecule has 0 aliphatic rings. The Hall–Kier alpha value is -1.62. The van der Waals surface area contributed by atoms with E-state index < -0.39 is 5.82 Å². The molecule has 1 aromatic carbocycles. The summed E-state index contributed by atoms with van der Waals surface area (Å²) in [6.07, 6.45) is 0.936. The van der Waals surface area contributed by atoms with Crippen LogP contribution >= 0.6 is 0 Å². The van der Waals surface area contributed by atoms with Gasteiger partial charge in [-0.1, -0.05) is 19.9 Å². The molecular formula is C16H25FN2O2. The standard InChI is InChI=1S/C16H25FN2O2/c1-11(2)14(18)7-8-19(3)16(20)10-12-5-6-15(21-4)13(17)9-12/h5-6,9,11,14H,7-8,10,18H2,1-4H3. The second-order valence-corrected chi connectivity index (χ2v) is 5.66. The Morgan fingerprint density at radius 2 is 2.10 bits per heavy atom. The number of methoxy groups -OCH3 is 1. The molecule has 1 unspecified atom stereocenters. The maximum atomic E-state index is 13.6. The van der Waals surface area contributed by atoms with Crippen molar-refractivity contribution in [2.75, 3.05) is 20.7 Å². The fourth-order valence-electron chi connectivity index (χ4n) is 1.93. The molecule has 5 heteroatoms. The van der Waals surface area contributed by atoms with Gasteiger partial charge in [-0.15, -0.1) is 0 Å². The number of nitrogens with two attached hydrogens (primary N) is 1. The topological polar surface area (TPSA) is 55.6 Å². The average molecular weight is 296 g/mol. The van der Waals surface area contributed by atoms with Crippen molar-refractivity contribution in [2.45, 2.75) is 32.7 Å². The largest absolute Gasteiger partial charge is 0.494 e. The van der Waals surface area contributed by atoms with E-state index in [1.165, 1.54) is 19.2 Å². The number of benzene rings is 1. The van der Waals surface area contributed by atoms with Gasteiger partial charge in [-0.3, -0.25) is 4.79 Å². The lowest BCUT2D eigenvalue weighted by Crippen LogP contribution is -2.35. The molecule has 4 nitrogen and oxygen atoms in total. The van der Waals surface area contributed by atoms with Crippen molar-refractivity contribution in [2.24, 2.45) is 11.7 Å². The van der Waals surface area contributed by atoms with Crippen molar-refractivity contribution in [3.05, 3.63) is 29.6 Å². The van der Waals surface area contributed by atoms with Crippen LogP contribution in [0, 0.1) is 11.7 Å². The van der Waals surface area contributed by atoms with Crippen LogP contribution in [0.4, 0.5) is 4.39 Å². The van der Waals surface area contributed by atoms with Crippen molar-refractivity contribution in [1.82, 2.24) is 4.90 Å². The number of hydrogen-bond donors (Lipinski definition) is 1. The monoisotopic (exact) mass is 296 g/mol. The molecule has 0 aliphatic heterocycles. The van der Waals surface area contributed by atoms with Crippen molar-refractivity contribution < 1.29 is 13.9 Å². The van der Waals surface area contributed by atoms with Crippen LogP contribution in [0.2, 0.25) is 0 Å². The molecule has 1 rings (SSSR count). The fraction of sp³-hybridized carbons (Fsp3) is 0.562. The van der Waals surface area contributed by atoms with Crippen molar-refractivity contribution >= 4 is 5.91 Å². The molecule has 0 saturated carbocycles. The van der Waals surface area contributed by atoms with E-state index in [0.29, 0.717) is 18.0 Å². The van der Waals surface area contributed by atoms with Gasteiger partial charge >= 0.3 is 0 Å². The summed E-state index contributed by atoms with van der Waals surface area (Å²) in [6.45, 7) is 4.73. The summed E-state index contributed by atoms with van der Waals surface area (Å²) < 4.78 is 18.4. The van der Waals surface area contributed by atoms with E-state index in [0.717, 1.165) is 6.42 Å². The first-order valence-electron chi connectivity index (χ1n) is 7.17. The molecule has 0 heterocycles. The Kier molecular flexibility index (Phi) is 6.62. The number of ether oxygens (including phenoxy) is 1. The second-order valence-electron chi connectivity index (χ2n) is 5.66. The first-order valence-corrected chi connectivity index (χ1v) is 7.17. The summed E-state index contributed by atoms with van der Waals surface area (Å²) in [6, 6.07) is 4.66. The molecule has 2 N–H and O–H groups in total. The first kappa shape index (κ1) is 17.4. The van der Waals surface area contributed by atoms with Gasteiger partial charge in [0.05, 0.1) is 13.5 Å². The third-order valence-corrected chi connectivity index (χ3v) is 3.65. The normalized spacial score (nSPS) is 12.3. The Morgan fingerprint density at radius 1 is 1.43 bits per heavy atom. The Labute approximate surface area is 126 Å². The van der Waals surface area contributed by atoms with Gasteiger partial charge in [0.1, 0.15) is 0 Å². The van der Waals surface area contributed by atoms with Crippen LogP contribution in [-0.2, 0) is 11.2 Å². The van der Waals surface area contributed by atoms with Crippen LogP contribution < -0.4 is 10.5 Å². The molecule has 1 aromatic rings. The molecule has 0 aromatic heterocycles. The minimum absolute atomic E-state index is 0.0458. The van der Waals surface area contributed by atoms with E-state index in [9.17, 15) is 9.18 Å². The number of rotatable bonds is 7. The summed E-state index contributed by atoms with van der Waals surface area (Å²) in [7, 11) is 3.16. The van der Waals surface area contributed by atoms with Crippen LogP contribution in [0.25, 0.3) is 0 Å². The molecule has 0 fully saturated rings. The number of hydrogen-bond acceptors (Lipinski definition) is 3. The lowest BCUT2D eigenvalue weighted by atomic mass is 10.0. The Morgan fingerprint density at radius 3 is 2.62 bits per heavy atom. The van der Waals surface area contributed by atoms with Gasteiger partial charge < -0.3 is 15.4 Å². The number of nitrogens with zero attached hydrogens (tertiary/aromatic N) is 1. The molecular weight excluding hydrogens is 271 g/mol. The molecule has 1 amide bonds. The molecule has 118 valence electrons. The van der Waals surface area contributed by atoms with Gasteiger partial charge in [0.25, 0.3) is 0 Å². The maximum Gasteiger partial charge on any atom is 0.226 e. The van der Waals surface area contributed by atoms with Crippen LogP contribution in [-0.4, -0.2) is 37.6 Å². The van der Waals surface area contributed by atoms with E-state index >= 15 is 0 Å². The van der Waals surface area contributed by atoms with E-state index in [2.05, 4.69) is 13.8 Å². The highest BCUT2D eigenvalue weighted by Gasteiger charge is 2.14. The van der Waals surface area contributed by atoms with Gasteiger partial charge in [0.2, 0.25) is 5.91 Å². The van der Waals surface area contributed by atoms with E-state index in [-0.39, 0.29) is 24.1 Å². The number of amides is 1. The quantitative estimate of drug-likeness (QED) is 0.839. The summed E-state index contributed by atoms with van der Waals surface area (Å²) in [5.74, 6) is 0.0782. The number of carbonyl (C=O) groups is 1. The van der Waals surface area contributed by atoms with Gasteiger partial charge in [-0.25, -0.2) is 4.39 Å². The summed E-state index contributed by atoms with van der Waals surface area (Å²) in [5, 5.41) is 0. The zero-order valence-corrected chi connectivity index (χ0v) is 13.2. The Bertz CT molecular complexity index is 477. The van der Waals surface area contributed by atoms with Crippen molar-refractivity contribution in [3.8, 4) is 5.75 Å². The summed E-state index contributed by atoms with van der Waals surface area (Å²) >= 11 is 0. The minimum Gasteiger partial charge on any atom is -0.494 e. The Balaban J connectivity index is 2.54. The molecule has 0 aliphatic carbocycles. The number of halogens is 1. The molecule has 1 atom stereocenters. The third kappa shape index (κ3) is 5.34. The van der Waals surface area contributed by atoms with E-state index in [1.54, 1.807) is 18.0 Å². The number of carbonyl (C=O) groups excluding carboxylic acids is 1. The molecule has 0 radical (unpaired) electrons. The van der Waals surface area contributed by atoms with E-state index in [4.69, 9.17) is 10.5 Å². The lowest BCUT2D eigenvalue weighted by Gasteiger charge is -2.21. The molecule has 0 bridgehead atoms. The molecule has 21 heavy (non-hydrogen) atoms.